The first-order valence-electron chi connectivity index (χ1n) is 9.48. The Morgan fingerprint density at radius 2 is 1.71 bits per heavy atom. The average Bonchev–Trinajstić information content (AvgIpc) is 3.20. The summed E-state index contributed by atoms with van der Waals surface area (Å²) in [5.74, 6) is -1.08. The van der Waals surface area contributed by atoms with Gasteiger partial charge < -0.3 is 9.47 Å². The molecule has 3 aromatic rings. The summed E-state index contributed by atoms with van der Waals surface area (Å²) in [4.78, 5) is 29.1. The van der Waals surface area contributed by atoms with Gasteiger partial charge in [0.05, 0.1) is 10.7 Å². The van der Waals surface area contributed by atoms with E-state index in [9.17, 15) is 9.59 Å². The van der Waals surface area contributed by atoms with Crippen molar-refractivity contribution in [1.29, 1.82) is 0 Å². The predicted molar refractivity (Wildman–Crippen MR) is 128 cm³/mol. The van der Waals surface area contributed by atoms with Crippen LogP contribution in [0.25, 0.3) is 11.8 Å². The highest BCUT2D eigenvalue weighted by Crippen LogP contribution is 2.29. The molecule has 1 aliphatic heterocycles. The minimum absolute atomic E-state index is 0.00472. The molecule has 1 saturated heterocycles. The lowest BCUT2D eigenvalue weighted by atomic mass is 10.1. The molecule has 8 heteroatoms. The first-order valence-corrected chi connectivity index (χ1v) is 10.3. The molecule has 156 valence electrons. The molecule has 0 saturated carbocycles. The number of aromatic nitrogens is 1. The van der Waals surface area contributed by atoms with Crippen LogP contribution >= 0.6 is 23.8 Å². The van der Waals surface area contributed by atoms with Crippen LogP contribution in [0.2, 0.25) is 5.02 Å². The van der Waals surface area contributed by atoms with Crippen molar-refractivity contribution in [2.45, 2.75) is 0 Å². The van der Waals surface area contributed by atoms with Crippen LogP contribution in [0.15, 0.2) is 72.4 Å². The number of nitrogens with one attached hydrogen (secondary N) is 1. The van der Waals surface area contributed by atoms with Crippen LogP contribution in [0.5, 0.6) is 0 Å². The predicted octanol–water partition coefficient (Wildman–Crippen LogP) is 4.03. The van der Waals surface area contributed by atoms with Crippen LogP contribution in [0.4, 0.5) is 11.4 Å². The molecule has 1 aliphatic rings. The van der Waals surface area contributed by atoms with E-state index in [1.807, 2.05) is 66.2 Å². The lowest BCUT2D eigenvalue weighted by Gasteiger charge is -2.29. The van der Waals surface area contributed by atoms with Crippen molar-refractivity contribution in [3.63, 3.8) is 0 Å². The largest absolute Gasteiger partial charge is 0.378 e. The summed E-state index contributed by atoms with van der Waals surface area (Å²) in [6.45, 7) is 0. The van der Waals surface area contributed by atoms with E-state index in [0.717, 1.165) is 11.4 Å². The number of hydrogen-bond donors (Lipinski definition) is 1. The Hall–Kier alpha value is -3.42. The highest BCUT2D eigenvalue weighted by atomic mass is 35.5. The molecule has 2 amide bonds. The first-order chi connectivity index (χ1) is 14.9. The maximum Gasteiger partial charge on any atom is 0.270 e. The van der Waals surface area contributed by atoms with Gasteiger partial charge in [0.1, 0.15) is 5.57 Å². The van der Waals surface area contributed by atoms with Crippen molar-refractivity contribution < 1.29 is 9.59 Å². The molecule has 0 atom stereocenters. The molecule has 4 rings (SSSR count). The smallest absolute Gasteiger partial charge is 0.270 e. The number of anilines is 2. The summed E-state index contributed by atoms with van der Waals surface area (Å²) < 4.78 is 1.90. The average molecular weight is 451 g/mol. The van der Waals surface area contributed by atoms with E-state index in [2.05, 4.69) is 5.32 Å². The molecule has 1 N–H and O–H groups in total. The Balaban J connectivity index is 1.73. The number of halogens is 1. The topological polar surface area (TPSA) is 57.6 Å². The van der Waals surface area contributed by atoms with Crippen LogP contribution < -0.4 is 15.1 Å². The van der Waals surface area contributed by atoms with Gasteiger partial charge in [-0.05, 0) is 66.8 Å². The summed E-state index contributed by atoms with van der Waals surface area (Å²) in [5, 5.41) is 2.94. The Morgan fingerprint density at radius 3 is 2.39 bits per heavy atom. The number of nitrogens with zero attached hydrogens (tertiary/aromatic N) is 3. The summed E-state index contributed by atoms with van der Waals surface area (Å²) in [6, 6.07) is 18.5. The van der Waals surface area contributed by atoms with Gasteiger partial charge in [-0.3, -0.25) is 19.8 Å². The van der Waals surface area contributed by atoms with Gasteiger partial charge in [-0.2, -0.15) is 0 Å². The van der Waals surface area contributed by atoms with Gasteiger partial charge in [0, 0.05) is 37.4 Å². The Kier molecular flexibility index (Phi) is 5.63. The zero-order valence-electron chi connectivity index (χ0n) is 16.9. The minimum Gasteiger partial charge on any atom is -0.378 e. The molecule has 2 aromatic carbocycles. The van der Waals surface area contributed by atoms with Crippen molar-refractivity contribution in [1.82, 2.24) is 9.88 Å². The fourth-order valence-electron chi connectivity index (χ4n) is 3.32. The molecule has 31 heavy (non-hydrogen) atoms. The Morgan fingerprint density at radius 1 is 1.00 bits per heavy atom. The number of carbonyl (C=O) groups excluding carboxylic acids is 2. The molecule has 1 aromatic heterocycles. The van der Waals surface area contributed by atoms with Gasteiger partial charge >= 0.3 is 0 Å². The summed E-state index contributed by atoms with van der Waals surface area (Å²) in [7, 11) is 3.95. The van der Waals surface area contributed by atoms with Crippen molar-refractivity contribution >= 4 is 58.2 Å². The number of amides is 2. The summed E-state index contributed by atoms with van der Waals surface area (Å²) in [5.41, 5.74) is 3.05. The fourth-order valence-corrected chi connectivity index (χ4v) is 3.81. The molecule has 0 spiro atoms. The zero-order valence-corrected chi connectivity index (χ0v) is 18.4. The Labute approximate surface area is 190 Å². The van der Waals surface area contributed by atoms with Crippen LogP contribution in [0.1, 0.15) is 5.69 Å². The molecule has 6 nitrogen and oxygen atoms in total. The fraction of sp³-hybridized carbons (Fsp3) is 0.0870. The summed E-state index contributed by atoms with van der Waals surface area (Å²) >= 11 is 11.5. The highest BCUT2D eigenvalue weighted by Gasteiger charge is 2.35. The molecule has 1 fully saturated rings. The molecular formula is C23H19ClN4O2S. The second-order valence-electron chi connectivity index (χ2n) is 7.12. The lowest BCUT2D eigenvalue weighted by molar-refractivity contribution is -0.122. The van der Waals surface area contributed by atoms with Gasteiger partial charge in [-0.25, -0.2) is 0 Å². The molecule has 0 aliphatic carbocycles. The van der Waals surface area contributed by atoms with Crippen LogP contribution in [0, 0.1) is 0 Å². The number of carbonyl (C=O) groups is 2. The standard InChI is InChI=1S/C23H19ClN4O2S/c1-26(2)15-9-11-16(12-10-15)27-13-5-6-17(27)14-18-21(29)25-23(31)28(22(18)30)20-8-4-3-7-19(20)24/h3-14H,1-2H3,(H,25,29,31)/b18-14+. The number of thiocarbonyl (C=S) groups is 1. The third-order valence-electron chi connectivity index (χ3n) is 4.91. The van der Waals surface area contributed by atoms with Crippen molar-refractivity contribution in [2.75, 3.05) is 23.9 Å². The number of benzene rings is 2. The third-order valence-corrected chi connectivity index (χ3v) is 5.52. The molecule has 2 heterocycles. The monoisotopic (exact) mass is 450 g/mol. The second-order valence-corrected chi connectivity index (χ2v) is 7.92. The maximum atomic E-state index is 13.2. The van der Waals surface area contributed by atoms with Crippen molar-refractivity contribution in [3.8, 4) is 5.69 Å². The normalized spacial score (nSPS) is 15.4. The van der Waals surface area contributed by atoms with Crippen LogP contribution in [-0.4, -0.2) is 35.6 Å². The van der Waals surface area contributed by atoms with Crippen molar-refractivity contribution in [2.24, 2.45) is 0 Å². The maximum absolute atomic E-state index is 13.2. The number of hydrogen-bond acceptors (Lipinski definition) is 4. The minimum atomic E-state index is -0.547. The van der Waals surface area contributed by atoms with Gasteiger partial charge in [-0.15, -0.1) is 0 Å². The SMILES string of the molecule is CN(C)c1ccc(-n2cccc2/C=C2\C(=O)NC(=S)N(c3ccccc3Cl)C2=O)cc1. The van der Waals surface area contributed by atoms with Crippen LogP contribution in [-0.2, 0) is 9.59 Å². The third kappa shape index (κ3) is 3.97. The van der Waals surface area contributed by atoms with E-state index in [1.54, 1.807) is 30.3 Å². The molecular weight excluding hydrogens is 432 g/mol. The van der Waals surface area contributed by atoms with Crippen LogP contribution in [0.3, 0.4) is 0 Å². The Bertz CT molecular complexity index is 1210. The van der Waals surface area contributed by atoms with E-state index in [4.69, 9.17) is 23.8 Å². The second kappa shape index (κ2) is 8.37. The quantitative estimate of drug-likeness (QED) is 0.370. The number of rotatable bonds is 4. The molecule has 0 radical (unpaired) electrons. The zero-order chi connectivity index (χ0) is 22.1. The van der Waals surface area contributed by atoms with Gasteiger partial charge in [0.15, 0.2) is 5.11 Å². The molecule has 0 unspecified atom stereocenters. The molecule has 0 bridgehead atoms. The van der Waals surface area contributed by atoms with E-state index in [0.29, 0.717) is 16.4 Å². The van der Waals surface area contributed by atoms with Crippen molar-refractivity contribution in [3.05, 3.63) is 83.2 Å². The van der Waals surface area contributed by atoms with Gasteiger partial charge in [-0.1, -0.05) is 23.7 Å². The van der Waals surface area contributed by atoms with Gasteiger partial charge in [0.2, 0.25) is 0 Å². The summed E-state index contributed by atoms with van der Waals surface area (Å²) in [6.07, 6.45) is 3.43. The lowest BCUT2D eigenvalue weighted by Crippen LogP contribution is -2.54. The van der Waals surface area contributed by atoms with E-state index in [-0.39, 0.29) is 10.7 Å². The number of para-hydroxylation sites is 1. The van der Waals surface area contributed by atoms with E-state index < -0.39 is 11.8 Å². The van der Waals surface area contributed by atoms with E-state index >= 15 is 0 Å². The van der Waals surface area contributed by atoms with Gasteiger partial charge in [0.25, 0.3) is 11.8 Å². The van der Waals surface area contributed by atoms with E-state index in [1.165, 1.54) is 4.90 Å². The highest BCUT2D eigenvalue weighted by molar-refractivity contribution is 7.80. The first kappa shape index (κ1) is 20.8.